The molecule has 0 saturated carbocycles. The Balaban J connectivity index is 4.57. The van der Waals surface area contributed by atoms with Gasteiger partial charge in [-0.15, -0.1) is 0 Å². The molecular formula is C9H19NO6S2. The lowest BCUT2D eigenvalue weighted by molar-refractivity contribution is -0.147. The lowest BCUT2D eigenvalue weighted by atomic mass is 9.88. The fourth-order valence-corrected chi connectivity index (χ4v) is 3.73. The predicted octanol–water partition coefficient (Wildman–Crippen LogP) is -0.549. The normalized spacial score (nSPS) is 16.2. The second kappa shape index (κ2) is 5.98. The third-order valence-electron chi connectivity index (χ3n) is 2.70. The zero-order chi connectivity index (χ0) is 14.6. The first-order valence-electron chi connectivity index (χ1n) is 5.30. The van der Waals surface area contributed by atoms with Crippen LogP contribution in [0, 0.1) is 5.41 Å². The van der Waals surface area contributed by atoms with Crippen molar-refractivity contribution in [2.75, 3.05) is 24.3 Å². The van der Waals surface area contributed by atoms with Crippen LogP contribution in [-0.2, 0) is 24.7 Å². The monoisotopic (exact) mass is 301 g/mol. The standard InChI is InChI=1S/C9H19NO6S2/c1-4-9(2,8(11)12)7-10-18(15,16)6-5-17(3,13)14/h10H,4-7H2,1-3H3,(H,11,12). The van der Waals surface area contributed by atoms with E-state index in [-0.39, 0.29) is 13.0 Å². The van der Waals surface area contributed by atoms with E-state index < -0.39 is 42.8 Å². The Bertz CT molecular complexity index is 495. The van der Waals surface area contributed by atoms with E-state index in [1.165, 1.54) is 6.92 Å². The van der Waals surface area contributed by atoms with Crippen molar-refractivity contribution < 1.29 is 26.7 Å². The Morgan fingerprint density at radius 2 is 1.72 bits per heavy atom. The minimum atomic E-state index is -3.78. The molecule has 0 bridgehead atoms. The molecule has 0 spiro atoms. The first kappa shape index (κ1) is 17.3. The van der Waals surface area contributed by atoms with Gasteiger partial charge in [0, 0.05) is 12.8 Å². The first-order valence-corrected chi connectivity index (χ1v) is 9.01. The number of sulfone groups is 1. The molecule has 1 unspecified atom stereocenters. The summed E-state index contributed by atoms with van der Waals surface area (Å²) in [6, 6.07) is 0. The Hall–Kier alpha value is -0.670. The largest absolute Gasteiger partial charge is 0.481 e. The maximum absolute atomic E-state index is 11.5. The number of rotatable bonds is 8. The highest BCUT2D eigenvalue weighted by atomic mass is 32.2. The number of carbonyl (C=O) groups is 1. The Morgan fingerprint density at radius 1 is 1.22 bits per heavy atom. The first-order chi connectivity index (χ1) is 7.92. The molecule has 7 nitrogen and oxygen atoms in total. The third-order valence-corrected chi connectivity index (χ3v) is 5.23. The summed E-state index contributed by atoms with van der Waals surface area (Å²) in [4.78, 5) is 11.0. The lowest BCUT2D eigenvalue weighted by Gasteiger charge is -2.23. The molecule has 0 aliphatic carbocycles. The minimum Gasteiger partial charge on any atom is -0.481 e. The maximum Gasteiger partial charge on any atom is 0.310 e. The molecule has 0 radical (unpaired) electrons. The molecule has 0 fully saturated rings. The van der Waals surface area contributed by atoms with Gasteiger partial charge in [0.1, 0.15) is 9.84 Å². The fourth-order valence-electron chi connectivity index (χ4n) is 0.954. The van der Waals surface area contributed by atoms with Crippen molar-refractivity contribution >= 4 is 25.8 Å². The molecule has 1 atom stereocenters. The van der Waals surface area contributed by atoms with Gasteiger partial charge in [-0.2, -0.15) is 0 Å². The smallest absolute Gasteiger partial charge is 0.310 e. The van der Waals surface area contributed by atoms with Crippen molar-refractivity contribution in [3.63, 3.8) is 0 Å². The Kier molecular flexibility index (Phi) is 5.76. The molecule has 2 N–H and O–H groups in total. The van der Waals surface area contributed by atoms with Gasteiger partial charge in [0.15, 0.2) is 0 Å². The predicted molar refractivity (Wildman–Crippen MR) is 67.5 cm³/mol. The summed E-state index contributed by atoms with van der Waals surface area (Å²) in [5, 5.41) is 8.96. The number of sulfonamides is 1. The molecule has 18 heavy (non-hydrogen) atoms. The van der Waals surface area contributed by atoms with E-state index in [1.54, 1.807) is 6.92 Å². The number of carboxylic acid groups (broad SMARTS) is 1. The third kappa shape index (κ3) is 6.31. The van der Waals surface area contributed by atoms with Crippen LogP contribution in [0.5, 0.6) is 0 Å². The average molecular weight is 301 g/mol. The van der Waals surface area contributed by atoms with E-state index in [0.29, 0.717) is 0 Å². The summed E-state index contributed by atoms with van der Waals surface area (Å²) in [5.74, 6) is -2.15. The average Bonchev–Trinajstić information content (AvgIpc) is 2.22. The SMILES string of the molecule is CCC(C)(CNS(=O)(=O)CCS(C)(=O)=O)C(=O)O. The summed E-state index contributed by atoms with van der Waals surface area (Å²) in [6.07, 6.45) is 1.20. The van der Waals surface area contributed by atoms with Crippen LogP contribution in [0.1, 0.15) is 20.3 Å². The van der Waals surface area contributed by atoms with Crippen LogP contribution in [-0.4, -0.2) is 52.2 Å². The molecule has 0 rings (SSSR count). The van der Waals surface area contributed by atoms with Crippen molar-refractivity contribution in [3.05, 3.63) is 0 Å². The van der Waals surface area contributed by atoms with Crippen molar-refractivity contribution in [1.82, 2.24) is 4.72 Å². The summed E-state index contributed by atoms with van der Waals surface area (Å²) < 4.78 is 46.8. The number of nitrogens with one attached hydrogen (secondary N) is 1. The molecule has 108 valence electrons. The molecule has 0 aliphatic rings. The van der Waals surface area contributed by atoms with E-state index in [1.807, 2.05) is 0 Å². The van der Waals surface area contributed by atoms with Crippen LogP contribution >= 0.6 is 0 Å². The summed E-state index contributed by atoms with van der Waals surface area (Å²) in [5.41, 5.74) is -1.20. The molecule has 0 heterocycles. The molecule has 0 aromatic rings. The number of hydrogen-bond donors (Lipinski definition) is 2. The van der Waals surface area contributed by atoms with Gasteiger partial charge in [0.05, 0.1) is 16.9 Å². The molecule has 0 aromatic heterocycles. The van der Waals surface area contributed by atoms with Gasteiger partial charge in [-0.05, 0) is 13.3 Å². The summed E-state index contributed by atoms with van der Waals surface area (Å²) in [6.45, 7) is 2.80. The van der Waals surface area contributed by atoms with Gasteiger partial charge in [-0.1, -0.05) is 6.92 Å². The van der Waals surface area contributed by atoms with E-state index in [4.69, 9.17) is 5.11 Å². The second-order valence-corrected chi connectivity index (χ2v) is 8.68. The number of aliphatic carboxylic acids is 1. The summed E-state index contributed by atoms with van der Waals surface area (Å²) in [7, 11) is -7.15. The topological polar surface area (TPSA) is 118 Å². The fraction of sp³-hybridized carbons (Fsp3) is 0.889. The highest BCUT2D eigenvalue weighted by Crippen LogP contribution is 2.20. The molecular weight excluding hydrogens is 282 g/mol. The number of carboxylic acids is 1. The van der Waals surface area contributed by atoms with Gasteiger partial charge in [-0.3, -0.25) is 4.79 Å². The van der Waals surface area contributed by atoms with Crippen LogP contribution in [0.4, 0.5) is 0 Å². The highest BCUT2D eigenvalue weighted by Gasteiger charge is 2.32. The molecule has 0 saturated heterocycles. The van der Waals surface area contributed by atoms with Gasteiger partial charge in [0.2, 0.25) is 10.0 Å². The Morgan fingerprint density at radius 3 is 2.06 bits per heavy atom. The van der Waals surface area contributed by atoms with Crippen molar-refractivity contribution in [1.29, 1.82) is 0 Å². The number of hydrogen-bond acceptors (Lipinski definition) is 5. The van der Waals surface area contributed by atoms with Gasteiger partial charge >= 0.3 is 5.97 Å². The van der Waals surface area contributed by atoms with E-state index in [2.05, 4.69) is 4.72 Å². The Labute approximate surface area is 108 Å². The van der Waals surface area contributed by atoms with Gasteiger partial charge in [-0.25, -0.2) is 21.6 Å². The van der Waals surface area contributed by atoms with Gasteiger partial charge < -0.3 is 5.11 Å². The van der Waals surface area contributed by atoms with Crippen LogP contribution in [0.25, 0.3) is 0 Å². The molecule has 0 amide bonds. The highest BCUT2D eigenvalue weighted by molar-refractivity contribution is 7.93. The molecule has 0 aliphatic heterocycles. The van der Waals surface area contributed by atoms with E-state index in [0.717, 1.165) is 6.26 Å². The maximum atomic E-state index is 11.5. The van der Waals surface area contributed by atoms with Crippen LogP contribution in [0.2, 0.25) is 0 Å². The van der Waals surface area contributed by atoms with E-state index in [9.17, 15) is 21.6 Å². The van der Waals surface area contributed by atoms with Crippen molar-refractivity contribution in [2.24, 2.45) is 5.41 Å². The van der Waals surface area contributed by atoms with Gasteiger partial charge in [0.25, 0.3) is 0 Å². The molecule has 9 heteroatoms. The quantitative estimate of drug-likeness (QED) is 0.621. The van der Waals surface area contributed by atoms with Crippen LogP contribution < -0.4 is 4.72 Å². The summed E-state index contributed by atoms with van der Waals surface area (Å²) >= 11 is 0. The second-order valence-electron chi connectivity index (χ2n) is 4.49. The van der Waals surface area contributed by atoms with Crippen molar-refractivity contribution in [2.45, 2.75) is 20.3 Å². The lowest BCUT2D eigenvalue weighted by Crippen LogP contribution is -2.42. The minimum absolute atomic E-state index is 0.259. The van der Waals surface area contributed by atoms with Crippen LogP contribution in [0.15, 0.2) is 0 Å². The van der Waals surface area contributed by atoms with E-state index >= 15 is 0 Å². The molecule has 0 aromatic carbocycles. The zero-order valence-electron chi connectivity index (χ0n) is 10.6. The van der Waals surface area contributed by atoms with Crippen molar-refractivity contribution in [3.8, 4) is 0 Å². The zero-order valence-corrected chi connectivity index (χ0v) is 12.3. The van der Waals surface area contributed by atoms with Crippen LogP contribution in [0.3, 0.4) is 0 Å².